The van der Waals surface area contributed by atoms with Gasteiger partial charge < -0.3 is 24.8 Å². The third kappa shape index (κ3) is 6.63. The van der Waals surface area contributed by atoms with Gasteiger partial charge in [0.15, 0.2) is 0 Å². The number of carbonyl (C=O) groups excluding carboxylic acids is 4. The zero-order valence-electron chi connectivity index (χ0n) is 31.4. The van der Waals surface area contributed by atoms with Gasteiger partial charge in [-0.25, -0.2) is 9.97 Å². The Balaban J connectivity index is 0.776. The molecule has 3 aromatic carbocycles. The molecule has 0 radical (unpaired) electrons. The highest BCUT2D eigenvalue weighted by Gasteiger charge is 2.52. The number of fused-ring (bicyclic) bond motifs is 1. The molecule has 9 rings (SSSR count). The van der Waals surface area contributed by atoms with Crippen molar-refractivity contribution in [3.63, 3.8) is 0 Å². The molecule has 5 aliphatic rings. The van der Waals surface area contributed by atoms with Crippen molar-refractivity contribution in [3.05, 3.63) is 107 Å². The van der Waals surface area contributed by atoms with Crippen LogP contribution in [0.25, 0.3) is 0 Å². The first-order chi connectivity index (χ1) is 26.9. The predicted molar refractivity (Wildman–Crippen MR) is 205 cm³/mol. The van der Waals surface area contributed by atoms with E-state index < -0.39 is 29.7 Å². The summed E-state index contributed by atoms with van der Waals surface area (Å²) >= 11 is 0. The SMILES string of the molecule is CC(C)(c1ccc(OCc2ccnc(N3CC4(CC(O)C4)C3)n2)cc1)c1ccc(OCC2(Nc3ccc4c(c3)C(=O)N(C3CCC(=O)NC3=O)C4=O)CC2)cc1. The number of aromatic nitrogens is 2. The van der Waals surface area contributed by atoms with Crippen LogP contribution in [0.3, 0.4) is 0 Å². The standard InChI is InChI=1S/C43H44N6O7/c1-41(2,26-3-8-31(9-4-26)55-22-29-15-18-44-40(45-29)48-23-42(24-48)20-30(50)21-42)27-5-10-32(11-6-27)56-25-43(16-17-43)47-28-7-12-33-34(19-28)39(54)49(38(33)53)35-13-14-36(51)46-37(35)52/h3-12,15,18-19,30,35,47,50H,13-14,16-17,20-25H2,1-2H3,(H,46,51,52). The minimum Gasteiger partial charge on any atom is -0.491 e. The van der Waals surface area contributed by atoms with Crippen LogP contribution >= 0.6 is 0 Å². The maximum atomic E-state index is 13.3. The van der Waals surface area contributed by atoms with Crippen molar-refractivity contribution in [1.29, 1.82) is 0 Å². The molecule has 4 heterocycles. The summed E-state index contributed by atoms with van der Waals surface area (Å²) in [6, 6.07) is 22.2. The molecule has 1 unspecified atom stereocenters. The Morgan fingerprint density at radius 1 is 0.875 bits per heavy atom. The van der Waals surface area contributed by atoms with Crippen LogP contribution in [-0.2, 0) is 21.6 Å². The Morgan fingerprint density at radius 3 is 2.18 bits per heavy atom. The van der Waals surface area contributed by atoms with Gasteiger partial charge in [0.05, 0.1) is 28.5 Å². The van der Waals surface area contributed by atoms with Crippen LogP contribution in [0.5, 0.6) is 11.5 Å². The number of piperidine rings is 1. The summed E-state index contributed by atoms with van der Waals surface area (Å²) in [6.07, 6.45) is 5.31. The molecule has 4 aromatic rings. The molecule has 13 heteroatoms. The van der Waals surface area contributed by atoms with E-state index in [1.54, 1.807) is 24.4 Å². The third-order valence-corrected chi connectivity index (χ3v) is 12.1. The number of hydrogen-bond donors (Lipinski definition) is 3. The van der Waals surface area contributed by atoms with Crippen molar-refractivity contribution in [2.75, 3.05) is 29.9 Å². The molecular formula is C43H44N6O7. The lowest BCUT2D eigenvalue weighted by Gasteiger charge is -2.57. The van der Waals surface area contributed by atoms with Crippen LogP contribution in [0.4, 0.5) is 11.6 Å². The molecule has 1 aromatic heterocycles. The number of carbonyl (C=O) groups is 4. The third-order valence-electron chi connectivity index (χ3n) is 12.1. The Bertz CT molecular complexity index is 2220. The number of aliphatic hydroxyl groups excluding tert-OH is 1. The van der Waals surface area contributed by atoms with Gasteiger partial charge in [-0.15, -0.1) is 0 Å². The van der Waals surface area contributed by atoms with Crippen LogP contribution in [-0.4, -0.2) is 81.0 Å². The van der Waals surface area contributed by atoms with Gasteiger partial charge in [-0.05, 0) is 91.8 Å². The number of hydrogen-bond acceptors (Lipinski definition) is 11. The predicted octanol–water partition coefficient (Wildman–Crippen LogP) is 4.77. The smallest absolute Gasteiger partial charge is 0.262 e. The molecule has 2 saturated carbocycles. The van der Waals surface area contributed by atoms with Gasteiger partial charge in [-0.1, -0.05) is 38.1 Å². The van der Waals surface area contributed by atoms with E-state index in [0.717, 1.165) is 72.0 Å². The minimum absolute atomic E-state index is 0.0754. The molecule has 3 N–H and O–H groups in total. The fourth-order valence-corrected chi connectivity index (χ4v) is 8.51. The summed E-state index contributed by atoms with van der Waals surface area (Å²) in [6.45, 7) is 6.92. The quantitative estimate of drug-likeness (QED) is 0.171. The number of nitrogens with zero attached hydrogens (tertiary/aromatic N) is 4. The Labute approximate surface area is 324 Å². The van der Waals surface area contributed by atoms with Crippen LogP contribution in [0, 0.1) is 5.41 Å². The van der Waals surface area contributed by atoms with Gasteiger partial charge in [0.2, 0.25) is 17.8 Å². The molecule has 4 fully saturated rings. The van der Waals surface area contributed by atoms with Crippen molar-refractivity contribution >= 4 is 35.3 Å². The Hall–Kier alpha value is -5.82. The van der Waals surface area contributed by atoms with Crippen molar-refractivity contribution in [2.45, 2.75) is 82.1 Å². The number of rotatable bonds is 12. The number of imide groups is 2. The molecular weight excluding hydrogens is 713 g/mol. The number of nitrogens with one attached hydrogen (secondary N) is 2. The van der Waals surface area contributed by atoms with Gasteiger partial charge in [-0.2, -0.15) is 0 Å². The van der Waals surface area contributed by atoms with Crippen LogP contribution in [0.2, 0.25) is 0 Å². The van der Waals surface area contributed by atoms with E-state index in [9.17, 15) is 24.3 Å². The highest BCUT2D eigenvalue weighted by molar-refractivity contribution is 6.23. The van der Waals surface area contributed by atoms with Gasteiger partial charge >= 0.3 is 0 Å². The van der Waals surface area contributed by atoms with E-state index in [-0.39, 0.29) is 46.4 Å². The van der Waals surface area contributed by atoms with Gasteiger partial charge in [0.25, 0.3) is 11.8 Å². The Kier molecular flexibility index (Phi) is 8.60. The van der Waals surface area contributed by atoms with Crippen LogP contribution < -0.4 is 25.0 Å². The summed E-state index contributed by atoms with van der Waals surface area (Å²) in [5.74, 6) is 0.137. The molecule has 1 atom stereocenters. The summed E-state index contributed by atoms with van der Waals surface area (Å²) in [5, 5.41) is 15.4. The molecule has 2 aliphatic carbocycles. The van der Waals surface area contributed by atoms with E-state index in [1.165, 1.54) is 0 Å². The summed E-state index contributed by atoms with van der Waals surface area (Å²) < 4.78 is 12.4. The molecule has 3 aliphatic heterocycles. The molecule has 288 valence electrons. The normalized spacial score (nSPS) is 20.9. The fourth-order valence-electron chi connectivity index (χ4n) is 8.51. The molecule has 0 bridgehead atoms. The maximum Gasteiger partial charge on any atom is 0.262 e. The lowest BCUT2D eigenvalue weighted by atomic mass is 9.62. The zero-order valence-corrected chi connectivity index (χ0v) is 31.4. The fraction of sp³-hybridized carbons (Fsp3) is 0.395. The van der Waals surface area contributed by atoms with Crippen molar-refractivity contribution in [2.24, 2.45) is 5.41 Å². The van der Waals surface area contributed by atoms with Gasteiger partial charge in [-0.3, -0.25) is 29.4 Å². The first-order valence-electron chi connectivity index (χ1n) is 19.2. The number of amides is 4. The first-order valence-corrected chi connectivity index (χ1v) is 19.2. The highest BCUT2D eigenvalue weighted by atomic mass is 16.5. The second-order valence-electron chi connectivity index (χ2n) is 16.6. The molecule has 13 nitrogen and oxygen atoms in total. The van der Waals surface area contributed by atoms with Crippen LogP contribution in [0.1, 0.15) is 89.9 Å². The zero-order chi connectivity index (χ0) is 38.8. The molecule has 1 spiro atoms. The van der Waals surface area contributed by atoms with Crippen LogP contribution in [0.15, 0.2) is 79.0 Å². The first kappa shape index (κ1) is 35.9. The highest BCUT2D eigenvalue weighted by Crippen LogP contribution is 2.49. The van der Waals surface area contributed by atoms with E-state index in [0.29, 0.717) is 24.8 Å². The van der Waals surface area contributed by atoms with E-state index in [1.807, 2.05) is 30.3 Å². The average molecular weight is 757 g/mol. The molecule has 56 heavy (non-hydrogen) atoms. The topological polar surface area (TPSA) is 163 Å². The number of anilines is 2. The van der Waals surface area contributed by atoms with Crippen molar-refractivity contribution < 1.29 is 33.8 Å². The minimum atomic E-state index is -0.999. The molecule has 2 saturated heterocycles. The maximum absolute atomic E-state index is 13.3. The average Bonchev–Trinajstić information content (AvgIpc) is 3.89. The van der Waals surface area contributed by atoms with E-state index in [4.69, 9.17) is 14.5 Å². The lowest BCUT2D eigenvalue weighted by molar-refractivity contribution is -0.136. The van der Waals surface area contributed by atoms with E-state index in [2.05, 4.69) is 58.6 Å². The largest absolute Gasteiger partial charge is 0.491 e. The number of ether oxygens (including phenoxy) is 2. The second kappa shape index (κ2) is 13.4. The van der Waals surface area contributed by atoms with Crippen molar-refractivity contribution in [1.82, 2.24) is 20.2 Å². The lowest BCUT2D eigenvalue weighted by Crippen LogP contribution is -2.64. The summed E-state index contributed by atoms with van der Waals surface area (Å²) in [4.78, 5) is 62.7. The summed E-state index contributed by atoms with van der Waals surface area (Å²) in [7, 11) is 0. The number of aliphatic hydroxyl groups is 1. The van der Waals surface area contributed by atoms with E-state index >= 15 is 0 Å². The monoisotopic (exact) mass is 756 g/mol. The summed E-state index contributed by atoms with van der Waals surface area (Å²) in [5.41, 5.74) is 3.95. The second-order valence-corrected chi connectivity index (χ2v) is 16.6. The van der Waals surface area contributed by atoms with Gasteiger partial charge in [0, 0.05) is 42.2 Å². The Morgan fingerprint density at radius 2 is 1.54 bits per heavy atom. The number of benzene rings is 3. The van der Waals surface area contributed by atoms with Crippen molar-refractivity contribution in [3.8, 4) is 11.5 Å². The molecule has 4 amide bonds. The van der Waals surface area contributed by atoms with Gasteiger partial charge in [0.1, 0.15) is 30.8 Å².